The summed E-state index contributed by atoms with van der Waals surface area (Å²) < 4.78 is 28.9. The van der Waals surface area contributed by atoms with E-state index in [1.807, 2.05) is 12.3 Å². The summed E-state index contributed by atoms with van der Waals surface area (Å²) in [6.45, 7) is 3.59. The summed E-state index contributed by atoms with van der Waals surface area (Å²) in [6.07, 6.45) is 13.4. The van der Waals surface area contributed by atoms with Gasteiger partial charge in [-0.1, -0.05) is 18.2 Å². The van der Waals surface area contributed by atoms with E-state index in [0.29, 0.717) is 23.6 Å². The Labute approximate surface area is 240 Å². The molecule has 1 atom stereocenters. The van der Waals surface area contributed by atoms with Crippen molar-refractivity contribution < 1.29 is 8.42 Å². The first-order valence-electron chi connectivity index (χ1n) is 14.7. The number of likely N-dealkylation sites (tertiary alicyclic amines) is 2. The van der Waals surface area contributed by atoms with E-state index in [1.54, 1.807) is 41.8 Å². The van der Waals surface area contributed by atoms with E-state index in [4.69, 9.17) is 9.97 Å². The highest BCUT2D eigenvalue weighted by Crippen LogP contribution is 2.40. The fourth-order valence-electron chi connectivity index (χ4n) is 7.08. The maximum atomic E-state index is 13.8. The van der Waals surface area contributed by atoms with Gasteiger partial charge in [-0.3, -0.25) is 4.90 Å². The van der Waals surface area contributed by atoms with Crippen molar-refractivity contribution in [2.75, 3.05) is 26.7 Å². The third-order valence-electron chi connectivity index (χ3n) is 9.36. The van der Waals surface area contributed by atoms with Crippen LogP contribution in [-0.2, 0) is 10.0 Å². The molecule has 1 aromatic carbocycles. The van der Waals surface area contributed by atoms with Crippen molar-refractivity contribution in [3.63, 3.8) is 0 Å². The first-order chi connectivity index (χ1) is 19.5. The van der Waals surface area contributed by atoms with Crippen LogP contribution in [0.25, 0.3) is 22.3 Å². The summed E-state index contributed by atoms with van der Waals surface area (Å²) in [7, 11) is -1.65. The molecule has 3 aromatic heterocycles. The summed E-state index contributed by atoms with van der Waals surface area (Å²) in [5.41, 5.74) is 3.37. The highest BCUT2D eigenvalue weighted by Gasteiger charge is 2.30. The number of pyridine rings is 1. The number of hydrogen-bond acceptors (Lipinski definition) is 7. The smallest absolute Gasteiger partial charge is 0.269 e. The number of nitrogens with zero attached hydrogens (tertiary/aromatic N) is 5. The third kappa shape index (κ3) is 4.70. The number of aromatic nitrogens is 3. The molecular formula is C31H37N5O2S2. The van der Waals surface area contributed by atoms with Crippen LogP contribution in [0.5, 0.6) is 0 Å². The van der Waals surface area contributed by atoms with Crippen molar-refractivity contribution in [2.45, 2.75) is 74.3 Å². The minimum Gasteiger partial charge on any atom is -0.300 e. The molecule has 9 heteroatoms. The SMILES string of the molecule is CN1CCCC1c1nc(-c2cn(S(=O)(=O)c3ccccc3)c3ncc([C@H]4CC[C@H](N5CCCC5)CC4)cc23)cs1. The summed E-state index contributed by atoms with van der Waals surface area (Å²) in [5, 5.41) is 4.06. The molecule has 7 rings (SSSR count). The molecule has 0 amide bonds. The van der Waals surface area contributed by atoms with Crippen LogP contribution in [0, 0.1) is 0 Å². The predicted octanol–water partition coefficient (Wildman–Crippen LogP) is 6.29. The third-order valence-corrected chi connectivity index (χ3v) is 12.0. The largest absolute Gasteiger partial charge is 0.300 e. The molecule has 40 heavy (non-hydrogen) atoms. The molecule has 0 bridgehead atoms. The van der Waals surface area contributed by atoms with Gasteiger partial charge in [-0.25, -0.2) is 22.4 Å². The molecule has 7 nitrogen and oxygen atoms in total. The second-order valence-corrected chi connectivity index (χ2v) is 14.5. The van der Waals surface area contributed by atoms with Crippen molar-refractivity contribution >= 4 is 32.4 Å². The zero-order valence-electron chi connectivity index (χ0n) is 23.1. The summed E-state index contributed by atoms with van der Waals surface area (Å²) in [6, 6.07) is 11.9. The van der Waals surface area contributed by atoms with Crippen LogP contribution in [0.15, 0.2) is 59.1 Å². The monoisotopic (exact) mass is 575 g/mol. The van der Waals surface area contributed by atoms with Gasteiger partial charge in [0.2, 0.25) is 0 Å². The van der Waals surface area contributed by atoms with Crippen LogP contribution in [-0.4, -0.2) is 64.9 Å². The molecule has 0 radical (unpaired) electrons. The van der Waals surface area contributed by atoms with Gasteiger partial charge < -0.3 is 4.90 Å². The number of rotatable bonds is 6. The van der Waals surface area contributed by atoms with Crippen LogP contribution in [0.3, 0.4) is 0 Å². The second kappa shape index (κ2) is 10.7. The van der Waals surface area contributed by atoms with Crippen LogP contribution in [0.4, 0.5) is 0 Å². The van der Waals surface area contributed by atoms with Crippen LogP contribution < -0.4 is 0 Å². The highest BCUT2D eigenvalue weighted by molar-refractivity contribution is 7.90. The first kappa shape index (κ1) is 26.3. The molecule has 2 saturated heterocycles. The number of fused-ring (bicyclic) bond motifs is 1. The van der Waals surface area contributed by atoms with E-state index in [2.05, 4.69) is 28.3 Å². The van der Waals surface area contributed by atoms with Gasteiger partial charge >= 0.3 is 0 Å². The Morgan fingerprint density at radius 2 is 1.73 bits per heavy atom. The quantitative estimate of drug-likeness (QED) is 0.269. The van der Waals surface area contributed by atoms with Gasteiger partial charge in [-0.15, -0.1) is 11.3 Å². The van der Waals surface area contributed by atoms with Gasteiger partial charge in [0.1, 0.15) is 5.01 Å². The van der Waals surface area contributed by atoms with Crippen LogP contribution in [0.1, 0.15) is 73.9 Å². The molecule has 1 unspecified atom stereocenters. The Bertz CT molecular complexity index is 1600. The minimum absolute atomic E-state index is 0.260. The van der Waals surface area contributed by atoms with E-state index in [9.17, 15) is 8.42 Å². The standard InChI is InChI=1S/C31H37N5O2S2/c1-34-15-7-10-29(34)31-33-28(21-39-31)27-20-36(40(37,38)25-8-3-2-4-9-25)30-26(27)18-23(19-32-30)22-11-13-24(14-12-22)35-16-5-6-17-35/h2-4,8-9,18-22,24,29H,5-7,10-17H2,1H3/t22-,24-,29?. The lowest BCUT2D eigenvalue weighted by Gasteiger charge is -2.34. The molecule has 0 N–H and O–H groups in total. The Morgan fingerprint density at radius 3 is 2.45 bits per heavy atom. The van der Waals surface area contributed by atoms with E-state index >= 15 is 0 Å². The van der Waals surface area contributed by atoms with Crippen molar-refractivity contribution in [1.82, 2.24) is 23.7 Å². The van der Waals surface area contributed by atoms with Gasteiger partial charge in [0.05, 0.1) is 16.6 Å². The average Bonchev–Trinajstić information content (AvgIpc) is 3.80. The van der Waals surface area contributed by atoms with Gasteiger partial charge in [0, 0.05) is 34.8 Å². The molecule has 0 spiro atoms. The van der Waals surface area contributed by atoms with Gasteiger partial charge in [0.15, 0.2) is 5.65 Å². The van der Waals surface area contributed by atoms with Crippen LogP contribution >= 0.6 is 11.3 Å². The lowest BCUT2D eigenvalue weighted by molar-refractivity contribution is 0.182. The van der Waals surface area contributed by atoms with Gasteiger partial charge in [-0.05, 0) is 108 Å². The Hall–Kier alpha value is -2.59. The summed E-state index contributed by atoms with van der Waals surface area (Å²) in [4.78, 5) is 15.2. The van der Waals surface area contributed by atoms with E-state index in [0.717, 1.165) is 47.5 Å². The summed E-state index contributed by atoms with van der Waals surface area (Å²) in [5.74, 6) is 0.454. The average molecular weight is 576 g/mol. The Kier molecular flexibility index (Phi) is 7.02. The predicted molar refractivity (Wildman–Crippen MR) is 160 cm³/mol. The normalized spacial score (nSPS) is 24.8. The molecule has 1 saturated carbocycles. The minimum atomic E-state index is -3.81. The molecule has 1 aliphatic carbocycles. The van der Waals surface area contributed by atoms with E-state index in [-0.39, 0.29) is 4.90 Å². The molecule has 3 aliphatic rings. The topological polar surface area (TPSA) is 71.3 Å². The Balaban J connectivity index is 1.27. The van der Waals surface area contributed by atoms with Crippen LogP contribution in [0.2, 0.25) is 0 Å². The zero-order chi connectivity index (χ0) is 27.3. The molecule has 3 fully saturated rings. The second-order valence-electron chi connectivity index (χ2n) is 11.8. The van der Waals surface area contributed by atoms with Crippen molar-refractivity contribution in [3.8, 4) is 11.3 Å². The molecule has 210 valence electrons. The molecular weight excluding hydrogens is 539 g/mol. The molecule has 2 aliphatic heterocycles. The molecule has 4 aromatic rings. The van der Waals surface area contributed by atoms with Crippen molar-refractivity contribution in [2.24, 2.45) is 0 Å². The number of hydrogen-bond donors (Lipinski definition) is 0. The van der Waals surface area contributed by atoms with Crippen molar-refractivity contribution in [3.05, 3.63) is 64.7 Å². The lowest BCUT2D eigenvalue weighted by atomic mass is 9.81. The van der Waals surface area contributed by atoms with Gasteiger partial charge in [-0.2, -0.15) is 0 Å². The summed E-state index contributed by atoms with van der Waals surface area (Å²) >= 11 is 1.68. The number of thiazole rings is 1. The van der Waals surface area contributed by atoms with E-state index in [1.165, 1.54) is 54.7 Å². The number of benzene rings is 1. The van der Waals surface area contributed by atoms with Crippen molar-refractivity contribution in [1.29, 1.82) is 0 Å². The maximum Gasteiger partial charge on any atom is 0.269 e. The fraction of sp³-hybridized carbons (Fsp3) is 0.484. The van der Waals surface area contributed by atoms with Gasteiger partial charge in [0.25, 0.3) is 10.0 Å². The maximum absolute atomic E-state index is 13.8. The molecule has 5 heterocycles. The highest BCUT2D eigenvalue weighted by atomic mass is 32.2. The Morgan fingerprint density at radius 1 is 0.950 bits per heavy atom. The fourth-order valence-corrected chi connectivity index (χ4v) is 9.44. The first-order valence-corrected chi connectivity index (χ1v) is 17.0. The lowest BCUT2D eigenvalue weighted by Crippen LogP contribution is -2.35. The zero-order valence-corrected chi connectivity index (χ0v) is 24.7. The van der Waals surface area contributed by atoms with E-state index < -0.39 is 10.0 Å².